The molecule has 0 amide bonds. The third kappa shape index (κ3) is 2.62. The van der Waals surface area contributed by atoms with Crippen molar-refractivity contribution < 1.29 is 5.11 Å². The van der Waals surface area contributed by atoms with Crippen LogP contribution in [-0.4, -0.2) is 27.4 Å². The summed E-state index contributed by atoms with van der Waals surface area (Å²) in [5.74, 6) is 0. The van der Waals surface area contributed by atoms with Crippen LogP contribution < -0.4 is 10.9 Å². The van der Waals surface area contributed by atoms with E-state index in [1.54, 1.807) is 0 Å². The van der Waals surface area contributed by atoms with Crippen LogP contribution in [0, 0.1) is 0 Å². The van der Waals surface area contributed by atoms with Crippen molar-refractivity contribution in [3.05, 3.63) is 21.0 Å². The molecule has 0 spiro atoms. The highest BCUT2D eigenvalue weighted by molar-refractivity contribution is 9.10. The van der Waals surface area contributed by atoms with E-state index >= 15 is 0 Å². The van der Waals surface area contributed by atoms with Crippen LogP contribution in [0.4, 0.5) is 5.69 Å². The SMILES string of the molecule is CCC(CC)(CO)Nc1cn[nH]c(=O)c1Br. The first-order valence-electron chi connectivity index (χ1n) is 5.20. The second kappa shape index (κ2) is 5.45. The molecule has 90 valence electrons. The number of nitrogens with one attached hydrogen (secondary N) is 2. The second-order valence-electron chi connectivity index (χ2n) is 3.70. The molecule has 0 radical (unpaired) electrons. The lowest BCUT2D eigenvalue weighted by molar-refractivity contribution is 0.202. The summed E-state index contributed by atoms with van der Waals surface area (Å²) in [6.45, 7) is 3.99. The lowest BCUT2D eigenvalue weighted by Gasteiger charge is -2.31. The highest BCUT2D eigenvalue weighted by atomic mass is 79.9. The van der Waals surface area contributed by atoms with E-state index in [1.165, 1.54) is 6.20 Å². The van der Waals surface area contributed by atoms with E-state index in [0.29, 0.717) is 10.2 Å². The number of H-pyrrole nitrogens is 1. The molecule has 0 aliphatic carbocycles. The molecule has 0 saturated heterocycles. The zero-order valence-electron chi connectivity index (χ0n) is 9.38. The summed E-state index contributed by atoms with van der Waals surface area (Å²) in [5.41, 5.74) is -0.0941. The summed E-state index contributed by atoms with van der Waals surface area (Å²) in [5, 5.41) is 18.6. The zero-order chi connectivity index (χ0) is 12.2. The molecule has 0 aliphatic rings. The second-order valence-corrected chi connectivity index (χ2v) is 4.49. The molecule has 0 atom stereocenters. The summed E-state index contributed by atoms with van der Waals surface area (Å²) in [6, 6.07) is 0. The van der Waals surface area contributed by atoms with Crippen LogP contribution in [0.25, 0.3) is 0 Å². The van der Waals surface area contributed by atoms with Crippen molar-refractivity contribution in [3.63, 3.8) is 0 Å². The van der Waals surface area contributed by atoms with Gasteiger partial charge in [0.1, 0.15) is 4.47 Å². The van der Waals surface area contributed by atoms with E-state index in [2.05, 4.69) is 31.4 Å². The van der Waals surface area contributed by atoms with Crippen molar-refractivity contribution in [1.29, 1.82) is 0 Å². The summed E-state index contributed by atoms with van der Waals surface area (Å²) in [4.78, 5) is 11.3. The molecule has 0 unspecified atom stereocenters. The quantitative estimate of drug-likeness (QED) is 0.768. The molecule has 0 aliphatic heterocycles. The zero-order valence-corrected chi connectivity index (χ0v) is 11.0. The molecule has 16 heavy (non-hydrogen) atoms. The first-order chi connectivity index (χ1) is 7.58. The Labute approximate surface area is 102 Å². The van der Waals surface area contributed by atoms with Crippen LogP contribution >= 0.6 is 15.9 Å². The van der Waals surface area contributed by atoms with Crippen LogP contribution in [0.2, 0.25) is 0 Å². The van der Waals surface area contributed by atoms with Crippen molar-refractivity contribution in [2.45, 2.75) is 32.2 Å². The summed E-state index contributed by atoms with van der Waals surface area (Å²) in [6.07, 6.45) is 3.06. The van der Waals surface area contributed by atoms with E-state index in [9.17, 15) is 9.90 Å². The molecule has 0 aromatic carbocycles. The summed E-state index contributed by atoms with van der Waals surface area (Å²) in [7, 11) is 0. The predicted molar refractivity (Wildman–Crippen MR) is 66.6 cm³/mol. The molecule has 0 saturated carbocycles. The maximum absolute atomic E-state index is 11.3. The number of aliphatic hydroxyl groups is 1. The molecule has 1 rings (SSSR count). The number of halogens is 1. The topological polar surface area (TPSA) is 78.0 Å². The maximum Gasteiger partial charge on any atom is 0.280 e. The molecule has 5 nitrogen and oxygen atoms in total. The Bertz CT molecular complexity index is 393. The van der Waals surface area contributed by atoms with Gasteiger partial charge in [0.15, 0.2) is 0 Å². The lowest BCUT2D eigenvalue weighted by atomic mass is 9.93. The summed E-state index contributed by atoms with van der Waals surface area (Å²) < 4.78 is 0.405. The Morgan fingerprint density at radius 2 is 2.19 bits per heavy atom. The average Bonchev–Trinajstić information content (AvgIpc) is 2.32. The van der Waals surface area contributed by atoms with E-state index in [-0.39, 0.29) is 12.2 Å². The third-order valence-corrected chi connectivity index (χ3v) is 3.64. The van der Waals surface area contributed by atoms with Gasteiger partial charge >= 0.3 is 0 Å². The number of hydrogen-bond acceptors (Lipinski definition) is 4. The van der Waals surface area contributed by atoms with Gasteiger partial charge in [0.25, 0.3) is 5.56 Å². The fourth-order valence-electron chi connectivity index (χ4n) is 1.45. The van der Waals surface area contributed by atoms with Gasteiger partial charge in [0, 0.05) is 0 Å². The van der Waals surface area contributed by atoms with Crippen molar-refractivity contribution in [3.8, 4) is 0 Å². The Morgan fingerprint density at radius 3 is 2.69 bits per heavy atom. The first kappa shape index (κ1) is 13.2. The van der Waals surface area contributed by atoms with Gasteiger partial charge in [-0.05, 0) is 28.8 Å². The molecule has 1 heterocycles. The Morgan fingerprint density at radius 1 is 1.56 bits per heavy atom. The standard InChI is InChI=1S/C10H16BrN3O2/c1-3-10(4-2,6-15)13-7-5-12-14-9(16)8(7)11/h5,15H,3-4,6H2,1-2H3,(H2,13,14,16). The molecule has 1 aromatic rings. The minimum Gasteiger partial charge on any atom is -0.394 e. The van der Waals surface area contributed by atoms with Crippen molar-refractivity contribution in [1.82, 2.24) is 10.2 Å². The number of anilines is 1. The van der Waals surface area contributed by atoms with Gasteiger partial charge in [-0.1, -0.05) is 13.8 Å². The first-order valence-corrected chi connectivity index (χ1v) is 6.00. The molecule has 3 N–H and O–H groups in total. The highest BCUT2D eigenvalue weighted by Gasteiger charge is 2.25. The van der Waals surface area contributed by atoms with Crippen LogP contribution in [0.15, 0.2) is 15.5 Å². The minimum absolute atomic E-state index is 0.0131. The van der Waals surface area contributed by atoms with Gasteiger partial charge in [0.05, 0.1) is 24.0 Å². The van der Waals surface area contributed by atoms with Gasteiger partial charge in [-0.25, -0.2) is 5.10 Å². The molecule has 0 fully saturated rings. The van der Waals surface area contributed by atoms with Crippen LogP contribution in [0.5, 0.6) is 0 Å². The number of aromatic nitrogens is 2. The predicted octanol–water partition coefficient (Wildman–Crippen LogP) is 1.50. The maximum atomic E-state index is 11.3. The average molecular weight is 290 g/mol. The number of aromatic amines is 1. The fourth-order valence-corrected chi connectivity index (χ4v) is 1.74. The monoisotopic (exact) mass is 289 g/mol. The normalized spacial score (nSPS) is 11.5. The highest BCUT2D eigenvalue weighted by Crippen LogP contribution is 2.24. The van der Waals surface area contributed by atoms with Gasteiger partial charge in [-0.15, -0.1) is 0 Å². The molecule has 6 heteroatoms. The largest absolute Gasteiger partial charge is 0.394 e. The molecular formula is C10H16BrN3O2. The van der Waals surface area contributed by atoms with Crippen LogP contribution in [0.3, 0.4) is 0 Å². The van der Waals surface area contributed by atoms with Crippen molar-refractivity contribution >= 4 is 21.6 Å². The van der Waals surface area contributed by atoms with Crippen LogP contribution in [0.1, 0.15) is 26.7 Å². The fraction of sp³-hybridized carbons (Fsp3) is 0.600. The van der Waals surface area contributed by atoms with Crippen LogP contribution in [-0.2, 0) is 0 Å². The van der Waals surface area contributed by atoms with E-state index in [4.69, 9.17) is 0 Å². The van der Waals surface area contributed by atoms with Gasteiger partial charge in [0.2, 0.25) is 0 Å². The number of hydrogen-bond donors (Lipinski definition) is 3. The van der Waals surface area contributed by atoms with Gasteiger partial charge in [-0.3, -0.25) is 4.79 Å². The molecule has 0 bridgehead atoms. The van der Waals surface area contributed by atoms with Crippen molar-refractivity contribution in [2.75, 3.05) is 11.9 Å². The minimum atomic E-state index is -0.405. The number of rotatable bonds is 5. The van der Waals surface area contributed by atoms with Crippen molar-refractivity contribution in [2.24, 2.45) is 0 Å². The Kier molecular flexibility index (Phi) is 4.49. The molecule has 1 aromatic heterocycles. The van der Waals surface area contributed by atoms with E-state index in [1.807, 2.05) is 13.8 Å². The third-order valence-electron chi connectivity index (χ3n) is 2.85. The van der Waals surface area contributed by atoms with E-state index in [0.717, 1.165) is 12.8 Å². The van der Waals surface area contributed by atoms with E-state index < -0.39 is 5.54 Å². The smallest absolute Gasteiger partial charge is 0.280 e. The summed E-state index contributed by atoms with van der Waals surface area (Å²) >= 11 is 3.19. The Hall–Kier alpha value is -0.880. The van der Waals surface area contributed by atoms with Gasteiger partial charge in [-0.2, -0.15) is 5.10 Å². The lowest BCUT2D eigenvalue weighted by Crippen LogP contribution is -2.41. The molecular weight excluding hydrogens is 274 g/mol. The Balaban J connectivity index is 3.03. The van der Waals surface area contributed by atoms with Gasteiger partial charge < -0.3 is 10.4 Å². The number of nitrogens with zero attached hydrogens (tertiary/aromatic N) is 1. The number of aliphatic hydroxyl groups excluding tert-OH is 1.